The van der Waals surface area contributed by atoms with Crippen LogP contribution in [-0.2, 0) is 14.2 Å². The van der Waals surface area contributed by atoms with E-state index in [0.29, 0.717) is 16.5 Å². The van der Waals surface area contributed by atoms with Crippen molar-refractivity contribution in [3.63, 3.8) is 0 Å². The van der Waals surface area contributed by atoms with Crippen LogP contribution in [0, 0.1) is 0 Å². The Morgan fingerprint density at radius 3 is 2.81 bits per heavy atom. The molecule has 3 heterocycles. The first-order valence-corrected chi connectivity index (χ1v) is 9.38. The van der Waals surface area contributed by atoms with E-state index in [-0.39, 0.29) is 0 Å². The second-order valence-corrected chi connectivity index (χ2v) is 6.81. The maximum atomic E-state index is 12.5. The average molecular weight is 429 g/mol. The molecule has 1 fully saturated rings. The largest absolute Gasteiger partial charge is 0.435 e. The standard InChI is InChI=1S/C20H19N3O8/c24-9-14-16(26)17(18(31-14)23-8-6-15(25)22-20(23)28)29-10-30-19(27)12-5-7-21-13-4-2-1-3-11(12)13/h1-8,14,16-18,24,26H,9-10H2,(H,22,25,28)/t14-,16-,17-,18-/m1/s1. The topological polar surface area (TPSA) is 153 Å². The molecule has 0 aliphatic carbocycles. The maximum absolute atomic E-state index is 12.5. The van der Waals surface area contributed by atoms with Gasteiger partial charge in [0, 0.05) is 23.8 Å². The van der Waals surface area contributed by atoms with Gasteiger partial charge in [-0.05, 0) is 12.1 Å². The van der Waals surface area contributed by atoms with Gasteiger partial charge < -0.3 is 24.4 Å². The number of hydrogen-bond acceptors (Lipinski definition) is 9. The predicted octanol–water partition coefficient (Wildman–Crippen LogP) is -0.465. The van der Waals surface area contributed by atoms with Crippen molar-refractivity contribution in [2.45, 2.75) is 24.5 Å². The van der Waals surface area contributed by atoms with E-state index in [1.807, 2.05) is 0 Å². The summed E-state index contributed by atoms with van der Waals surface area (Å²) >= 11 is 0. The summed E-state index contributed by atoms with van der Waals surface area (Å²) in [5, 5.41) is 20.4. The average Bonchev–Trinajstić information content (AvgIpc) is 3.08. The highest BCUT2D eigenvalue weighted by Gasteiger charge is 2.46. The lowest BCUT2D eigenvalue weighted by Crippen LogP contribution is -2.39. The van der Waals surface area contributed by atoms with Gasteiger partial charge in [0.05, 0.1) is 17.7 Å². The highest BCUT2D eigenvalue weighted by molar-refractivity contribution is 6.03. The molecule has 0 spiro atoms. The van der Waals surface area contributed by atoms with E-state index in [1.165, 1.54) is 18.5 Å². The number of fused-ring (bicyclic) bond motifs is 1. The fraction of sp³-hybridized carbons (Fsp3) is 0.300. The molecule has 0 saturated carbocycles. The molecular weight excluding hydrogens is 410 g/mol. The Kier molecular flexibility index (Phi) is 5.91. The minimum atomic E-state index is -1.31. The number of carbonyl (C=O) groups is 1. The van der Waals surface area contributed by atoms with Crippen molar-refractivity contribution in [2.75, 3.05) is 13.4 Å². The minimum Gasteiger partial charge on any atom is -0.435 e. The number of nitrogens with zero attached hydrogens (tertiary/aromatic N) is 2. The molecule has 4 rings (SSSR count). The van der Waals surface area contributed by atoms with Crippen molar-refractivity contribution in [3.05, 3.63) is 75.2 Å². The second kappa shape index (κ2) is 8.78. The molecule has 3 N–H and O–H groups in total. The third-order valence-corrected chi connectivity index (χ3v) is 4.94. The molecule has 0 radical (unpaired) electrons. The fourth-order valence-corrected chi connectivity index (χ4v) is 3.42. The number of carbonyl (C=O) groups excluding carboxylic acids is 1. The molecule has 11 nitrogen and oxygen atoms in total. The molecule has 0 bridgehead atoms. The molecule has 1 aliphatic rings. The number of aliphatic hydroxyl groups excluding tert-OH is 2. The summed E-state index contributed by atoms with van der Waals surface area (Å²) in [6, 6.07) is 9.68. The van der Waals surface area contributed by atoms with Gasteiger partial charge in [0.25, 0.3) is 5.56 Å². The molecule has 0 amide bonds. The molecule has 1 saturated heterocycles. The summed E-state index contributed by atoms with van der Waals surface area (Å²) in [5.74, 6) is -0.663. The van der Waals surface area contributed by atoms with Crippen LogP contribution >= 0.6 is 0 Å². The lowest BCUT2D eigenvalue weighted by Gasteiger charge is -2.22. The van der Waals surface area contributed by atoms with E-state index in [0.717, 1.165) is 10.6 Å². The molecule has 3 aromatic rings. The SMILES string of the molecule is O=C(OCO[C@@H]1[C@H](O)[C@@H](CO)O[C@H]1n1ccc(=O)[nH]c1=O)c1ccnc2ccccc12. The van der Waals surface area contributed by atoms with Crippen molar-refractivity contribution in [1.29, 1.82) is 0 Å². The zero-order valence-electron chi connectivity index (χ0n) is 16.1. The Bertz CT molecular complexity index is 1200. The van der Waals surface area contributed by atoms with Crippen molar-refractivity contribution < 1.29 is 29.2 Å². The van der Waals surface area contributed by atoms with Gasteiger partial charge in [0.1, 0.15) is 18.3 Å². The number of rotatable bonds is 6. The van der Waals surface area contributed by atoms with Crippen LogP contribution in [0.15, 0.2) is 58.4 Å². The van der Waals surface area contributed by atoms with Crippen LogP contribution in [0.25, 0.3) is 10.9 Å². The van der Waals surface area contributed by atoms with Crippen LogP contribution in [0.1, 0.15) is 16.6 Å². The summed E-state index contributed by atoms with van der Waals surface area (Å²) < 4.78 is 17.2. The first-order chi connectivity index (χ1) is 15.0. The fourth-order valence-electron chi connectivity index (χ4n) is 3.42. The first kappa shape index (κ1) is 20.9. The lowest BCUT2D eigenvalue weighted by atomic mass is 10.1. The Morgan fingerprint density at radius 2 is 2.03 bits per heavy atom. The summed E-state index contributed by atoms with van der Waals surface area (Å²) in [5.41, 5.74) is -0.466. The van der Waals surface area contributed by atoms with Crippen molar-refractivity contribution in [2.24, 2.45) is 0 Å². The van der Waals surface area contributed by atoms with E-state index in [2.05, 4.69) is 9.97 Å². The number of pyridine rings is 1. The summed E-state index contributed by atoms with van der Waals surface area (Å²) in [7, 11) is 0. The summed E-state index contributed by atoms with van der Waals surface area (Å²) in [6.45, 7) is -1.08. The van der Waals surface area contributed by atoms with Gasteiger partial charge in [-0.2, -0.15) is 0 Å². The number of aromatic nitrogens is 3. The van der Waals surface area contributed by atoms with Crippen LogP contribution in [0.3, 0.4) is 0 Å². The molecule has 1 aliphatic heterocycles. The number of aliphatic hydroxyl groups is 2. The van der Waals surface area contributed by atoms with E-state index in [1.54, 1.807) is 24.3 Å². The van der Waals surface area contributed by atoms with Crippen LogP contribution in [0.2, 0.25) is 0 Å². The van der Waals surface area contributed by atoms with Gasteiger partial charge in [-0.25, -0.2) is 9.59 Å². The maximum Gasteiger partial charge on any atom is 0.340 e. The Hall–Kier alpha value is -3.38. The summed E-state index contributed by atoms with van der Waals surface area (Å²) in [6.07, 6.45) is -1.98. The van der Waals surface area contributed by atoms with Gasteiger partial charge in [-0.1, -0.05) is 18.2 Å². The first-order valence-electron chi connectivity index (χ1n) is 9.38. The highest BCUT2D eigenvalue weighted by Crippen LogP contribution is 2.30. The van der Waals surface area contributed by atoms with E-state index in [9.17, 15) is 24.6 Å². The summed E-state index contributed by atoms with van der Waals surface area (Å²) in [4.78, 5) is 42.2. The number of aromatic amines is 1. The van der Waals surface area contributed by atoms with E-state index >= 15 is 0 Å². The second-order valence-electron chi connectivity index (χ2n) is 6.81. The predicted molar refractivity (Wildman–Crippen MR) is 105 cm³/mol. The number of benzene rings is 1. The number of nitrogens with one attached hydrogen (secondary N) is 1. The van der Waals surface area contributed by atoms with Gasteiger partial charge in [-0.3, -0.25) is 19.3 Å². The molecule has 1 aromatic carbocycles. The number of para-hydroxylation sites is 1. The zero-order valence-corrected chi connectivity index (χ0v) is 16.1. The molecule has 31 heavy (non-hydrogen) atoms. The Labute approximate surface area is 174 Å². The smallest absolute Gasteiger partial charge is 0.340 e. The molecule has 0 unspecified atom stereocenters. The Balaban J connectivity index is 1.49. The third-order valence-electron chi connectivity index (χ3n) is 4.94. The minimum absolute atomic E-state index is 0.291. The van der Waals surface area contributed by atoms with Crippen molar-refractivity contribution >= 4 is 16.9 Å². The monoisotopic (exact) mass is 429 g/mol. The quantitative estimate of drug-likeness (QED) is 0.349. The van der Waals surface area contributed by atoms with Crippen LogP contribution in [0.5, 0.6) is 0 Å². The van der Waals surface area contributed by atoms with Crippen LogP contribution < -0.4 is 11.2 Å². The van der Waals surface area contributed by atoms with Gasteiger partial charge in [0.2, 0.25) is 0 Å². The molecule has 2 aromatic heterocycles. The molecule has 11 heteroatoms. The number of H-pyrrole nitrogens is 1. The van der Waals surface area contributed by atoms with Crippen molar-refractivity contribution in [1.82, 2.24) is 14.5 Å². The number of esters is 1. The zero-order chi connectivity index (χ0) is 22.0. The van der Waals surface area contributed by atoms with Crippen molar-refractivity contribution in [3.8, 4) is 0 Å². The molecular formula is C20H19N3O8. The van der Waals surface area contributed by atoms with Crippen LogP contribution in [-0.4, -0.2) is 62.4 Å². The molecule has 4 atom stereocenters. The lowest BCUT2D eigenvalue weighted by molar-refractivity contribution is -0.122. The Morgan fingerprint density at radius 1 is 1.23 bits per heavy atom. The van der Waals surface area contributed by atoms with Gasteiger partial charge in [-0.15, -0.1) is 0 Å². The van der Waals surface area contributed by atoms with Crippen LogP contribution in [0.4, 0.5) is 0 Å². The number of hydrogen-bond donors (Lipinski definition) is 3. The number of ether oxygens (including phenoxy) is 3. The van der Waals surface area contributed by atoms with Gasteiger partial charge in [0.15, 0.2) is 13.0 Å². The highest BCUT2D eigenvalue weighted by atomic mass is 16.7. The van der Waals surface area contributed by atoms with Gasteiger partial charge >= 0.3 is 11.7 Å². The van der Waals surface area contributed by atoms with E-state index in [4.69, 9.17) is 14.2 Å². The van der Waals surface area contributed by atoms with E-state index < -0.39 is 55.2 Å². The third kappa shape index (κ3) is 4.11. The normalized spacial score (nSPS) is 23.2. The molecule has 162 valence electrons.